The zero-order chi connectivity index (χ0) is 16.7. The van der Waals surface area contributed by atoms with E-state index in [-0.39, 0.29) is 5.97 Å². The molecule has 0 spiro atoms. The van der Waals surface area contributed by atoms with Crippen LogP contribution in [-0.2, 0) is 9.53 Å². The van der Waals surface area contributed by atoms with Crippen LogP contribution in [0.4, 0.5) is 0 Å². The smallest absolute Gasteiger partial charge is 0.337 e. The quantitative estimate of drug-likeness (QED) is 0.572. The summed E-state index contributed by atoms with van der Waals surface area (Å²) in [5.74, 6) is -0.255. The number of hydrogen-bond donors (Lipinski definition) is 0. The van der Waals surface area contributed by atoms with E-state index in [1.807, 2.05) is 49.4 Å². The van der Waals surface area contributed by atoms with Crippen molar-refractivity contribution in [3.8, 4) is 0 Å². The first-order valence-corrected chi connectivity index (χ1v) is 7.86. The van der Waals surface area contributed by atoms with E-state index in [1.165, 1.54) is 0 Å². The van der Waals surface area contributed by atoms with Crippen molar-refractivity contribution in [1.29, 1.82) is 0 Å². The van der Waals surface area contributed by atoms with Crippen molar-refractivity contribution >= 4 is 11.7 Å². The van der Waals surface area contributed by atoms with Crippen LogP contribution in [0, 0.1) is 0 Å². The Kier molecular flexibility index (Phi) is 6.18. The first-order chi connectivity index (χ1) is 11.2. The first-order valence-electron chi connectivity index (χ1n) is 7.86. The topological polar surface area (TPSA) is 32.8 Å². The van der Waals surface area contributed by atoms with Gasteiger partial charge in [0.25, 0.3) is 0 Å². The Hall–Kier alpha value is -2.33. The largest absolute Gasteiger partial charge is 0.463 e. The van der Waals surface area contributed by atoms with Crippen LogP contribution >= 0.6 is 0 Å². The van der Waals surface area contributed by atoms with Crippen molar-refractivity contribution in [2.24, 2.45) is 0 Å². The molecule has 0 fully saturated rings. The Morgan fingerprint density at radius 1 is 1.22 bits per heavy atom. The number of benzene rings is 1. The fraction of sp³-hybridized carbons (Fsp3) is 0.316. The van der Waals surface area contributed by atoms with Gasteiger partial charge in [0.15, 0.2) is 0 Å². The minimum atomic E-state index is -0.255. The first kappa shape index (κ1) is 17.0. The second-order valence-corrected chi connectivity index (χ2v) is 5.37. The number of rotatable bonds is 7. The van der Waals surface area contributed by atoms with Crippen molar-refractivity contribution < 1.29 is 9.53 Å². The lowest BCUT2D eigenvalue weighted by atomic mass is 10.0. The van der Waals surface area contributed by atoms with Crippen molar-refractivity contribution in [2.75, 3.05) is 32.9 Å². The molecule has 0 saturated carbocycles. The Balaban J connectivity index is 2.50. The predicted molar refractivity (Wildman–Crippen MR) is 93.5 cm³/mol. The summed E-state index contributed by atoms with van der Waals surface area (Å²) in [5.41, 5.74) is 2.65. The molecule has 0 radical (unpaired) electrons. The number of esters is 1. The van der Waals surface area contributed by atoms with E-state index in [0.717, 1.165) is 24.5 Å². The summed E-state index contributed by atoms with van der Waals surface area (Å²) >= 11 is 0. The maximum atomic E-state index is 12.5. The van der Waals surface area contributed by atoms with Gasteiger partial charge in [-0.3, -0.25) is 4.90 Å². The third kappa shape index (κ3) is 4.11. The van der Waals surface area contributed by atoms with Crippen molar-refractivity contribution in [3.05, 3.63) is 66.8 Å². The van der Waals surface area contributed by atoms with Gasteiger partial charge in [0, 0.05) is 19.6 Å². The molecule has 1 aliphatic heterocycles. The van der Waals surface area contributed by atoms with Gasteiger partial charge in [-0.2, -0.15) is 0 Å². The normalized spacial score (nSPS) is 15.4. The van der Waals surface area contributed by atoms with Gasteiger partial charge in [0.05, 0.1) is 24.5 Å². The summed E-state index contributed by atoms with van der Waals surface area (Å²) in [4.78, 5) is 16.8. The fourth-order valence-corrected chi connectivity index (χ4v) is 2.79. The van der Waals surface area contributed by atoms with Crippen molar-refractivity contribution in [1.82, 2.24) is 9.80 Å². The highest BCUT2D eigenvalue weighted by molar-refractivity contribution is 5.98. The van der Waals surface area contributed by atoms with Gasteiger partial charge in [0.2, 0.25) is 0 Å². The summed E-state index contributed by atoms with van der Waals surface area (Å²) in [6, 6.07) is 9.97. The van der Waals surface area contributed by atoms with E-state index in [0.29, 0.717) is 25.3 Å². The van der Waals surface area contributed by atoms with Gasteiger partial charge in [-0.05, 0) is 12.5 Å². The van der Waals surface area contributed by atoms with Crippen LogP contribution in [0.1, 0.15) is 12.5 Å². The monoisotopic (exact) mass is 312 g/mol. The standard InChI is InChI=1S/C19H24N2O2/c1-4-12-20-14-17(19(22)23-6-3)18(21(15-20)13-5-2)16-10-8-7-9-11-16/h4-5,7-11H,1-2,6,12-15H2,3H3. The molecule has 2 rings (SSSR count). The fourth-order valence-electron chi connectivity index (χ4n) is 2.79. The molecule has 1 aromatic carbocycles. The molecule has 23 heavy (non-hydrogen) atoms. The molecular weight excluding hydrogens is 288 g/mol. The molecular formula is C19H24N2O2. The summed E-state index contributed by atoms with van der Waals surface area (Å²) in [7, 11) is 0. The molecule has 0 aliphatic carbocycles. The van der Waals surface area contributed by atoms with Gasteiger partial charge in [0.1, 0.15) is 0 Å². The Labute approximate surface area is 138 Å². The molecule has 1 heterocycles. The van der Waals surface area contributed by atoms with Crippen LogP contribution < -0.4 is 0 Å². The van der Waals surface area contributed by atoms with Gasteiger partial charge in [-0.15, -0.1) is 13.2 Å². The Morgan fingerprint density at radius 3 is 2.52 bits per heavy atom. The molecule has 1 aliphatic rings. The van der Waals surface area contributed by atoms with Gasteiger partial charge in [-0.25, -0.2) is 4.79 Å². The van der Waals surface area contributed by atoms with E-state index in [1.54, 1.807) is 0 Å². The molecule has 1 aromatic rings. The van der Waals surface area contributed by atoms with Crippen LogP contribution in [0.5, 0.6) is 0 Å². The molecule has 0 N–H and O–H groups in total. The number of carbonyl (C=O) groups excluding carboxylic acids is 1. The zero-order valence-corrected chi connectivity index (χ0v) is 13.7. The minimum Gasteiger partial charge on any atom is -0.463 e. The Bertz CT molecular complexity index is 593. The molecule has 0 unspecified atom stereocenters. The lowest BCUT2D eigenvalue weighted by Crippen LogP contribution is -2.45. The van der Waals surface area contributed by atoms with Gasteiger partial charge in [-0.1, -0.05) is 42.5 Å². The molecule has 0 atom stereocenters. The van der Waals surface area contributed by atoms with Crippen LogP contribution in [-0.4, -0.2) is 48.7 Å². The highest BCUT2D eigenvalue weighted by Gasteiger charge is 2.29. The molecule has 0 aromatic heterocycles. The highest BCUT2D eigenvalue weighted by atomic mass is 16.5. The molecule has 4 heteroatoms. The number of carbonyl (C=O) groups is 1. The van der Waals surface area contributed by atoms with E-state index < -0.39 is 0 Å². The summed E-state index contributed by atoms with van der Waals surface area (Å²) in [6.07, 6.45) is 3.70. The molecule has 0 saturated heterocycles. The van der Waals surface area contributed by atoms with Crippen LogP contribution in [0.2, 0.25) is 0 Å². The van der Waals surface area contributed by atoms with Crippen LogP contribution in [0.15, 0.2) is 61.2 Å². The number of hydrogen-bond acceptors (Lipinski definition) is 4. The molecule has 4 nitrogen and oxygen atoms in total. The summed E-state index contributed by atoms with van der Waals surface area (Å²) < 4.78 is 5.28. The Morgan fingerprint density at radius 2 is 1.91 bits per heavy atom. The SMILES string of the molecule is C=CCN1CC(C(=O)OCC)=C(c2ccccc2)N(CC=C)C1. The second kappa shape index (κ2) is 8.34. The lowest BCUT2D eigenvalue weighted by molar-refractivity contribution is -0.139. The maximum Gasteiger partial charge on any atom is 0.337 e. The van der Waals surface area contributed by atoms with Gasteiger partial charge < -0.3 is 9.64 Å². The van der Waals surface area contributed by atoms with E-state index in [9.17, 15) is 4.79 Å². The van der Waals surface area contributed by atoms with Crippen LogP contribution in [0.3, 0.4) is 0 Å². The van der Waals surface area contributed by atoms with E-state index >= 15 is 0 Å². The van der Waals surface area contributed by atoms with Crippen LogP contribution in [0.25, 0.3) is 5.70 Å². The van der Waals surface area contributed by atoms with Crippen molar-refractivity contribution in [2.45, 2.75) is 6.92 Å². The molecule has 122 valence electrons. The maximum absolute atomic E-state index is 12.5. The second-order valence-electron chi connectivity index (χ2n) is 5.37. The minimum absolute atomic E-state index is 0.255. The number of nitrogens with zero attached hydrogens (tertiary/aromatic N) is 2. The molecule has 0 amide bonds. The average Bonchev–Trinajstić information content (AvgIpc) is 2.56. The van der Waals surface area contributed by atoms with E-state index in [2.05, 4.69) is 23.0 Å². The zero-order valence-electron chi connectivity index (χ0n) is 13.7. The summed E-state index contributed by atoms with van der Waals surface area (Å²) in [5, 5.41) is 0. The summed E-state index contributed by atoms with van der Waals surface area (Å²) in [6.45, 7) is 12.5. The van der Waals surface area contributed by atoms with E-state index in [4.69, 9.17) is 4.74 Å². The van der Waals surface area contributed by atoms with Crippen molar-refractivity contribution in [3.63, 3.8) is 0 Å². The van der Waals surface area contributed by atoms with Gasteiger partial charge >= 0.3 is 5.97 Å². The lowest BCUT2D eigenvalue weighted by Gasteiger charge is -2.39. The number of ether oxygens (including phenoxy) is 1. The third-order valence-electron chi connectivity index (χ3n) is 3.66. The average molecular weight is 312 g/mol. The highest BCUT2D eigenvalue weighted by Crippen LogP contribution is 2.28. The molecule has 0 bridgehead atoms. The third-order valence-corrected chi connectivity index (χ3v) is 3.66. The predicted octanol–water partition coefficient (Wildman–Crippen LogP) is 2.91.